The fraction of sp³-hybridized carbons (Fsp3) is 0.0952. The van der Waals surface area contributed by atoms with E-state index in [1.807, 2.05) is 6.92 Å². The third-order valence-corrected chi connectivity index (χ3v) is 6.65. The average molecular weight is 494 g/mol. The number of carbonyl (C=O) groups is 1. The van der Waals surface area contributed by atoms with E-state index < -0.39 is 15.9 Å². The molecule has 0 saturated carbocycles. The lowest BCUT2D eigenvalue weighted by Crippen LogP contribution is -2.38. The van der Waals surface area contributed by atoms with Crippen LogP contribution in [0, 0.1) is 6.92 Å². The molecule has 0 atom stereocenters. The molecule has 1 N–H and O–H groups in total. The molecule has 0 spiro atoms. The van der Waals surface area contributed by atoms with Crippen LogP contribution in [0.1, 0.15) is 5.56 Å². The van der Waals surface area contributed by atoms with Crippen LogP contribution in [0.2, 0.25) is 5.02 Å². The minimum atomic E-state index is -3.95. The van der Waals surface area contributed by atoms with Crippen molar-refractivity contribution in [3.05, 3.63) is 87.9 Å². The van der Waals surface area contributed by atoms with Crippen molar-refractivity contribution >= 4 is 54.8 Å². The second-order valence-corrected chi connectivity index (χ2v) is 9.57. The van der Waals surface area contributed by atoms with Crippen LogP contribution in [-0.2, 0) is 14.8 Å². The number of hydrogen-bond donors (Lipinski definition) is 1. The molecule has 5 nitrogen and oxygen atoms in total. The van der Waals surface area contributed by atoms with Crippen molar-refractivity contribution in [3.63, 3.8) is 0 Å². The minimum Gasteiger partial charge on any atom is -0.325 e. The van der Waals surface area contributed by atoms with Crippen molar-refractivity contribution < 1.29 is 13.2 Å². The van der Waals surface area contributed by atoms with Crippen molar-refractivity contribution in [2.45, 2.75) is 11.8 Å². The number of sulfonamides is 1. The molecule has 0 aliphatic rings. The zero-order chi connectivity index (χ0) is 21.0. The van der Waals surface area contributed by atoms with E-state index >= 15 is 0 Å². The number of hydrogen-bond acceptors (Lipinski definition) is 3. The Morgan fingerprint density at radius 1 is 1.03 bits per heavy atom. The molecular formula is C21H18BrClN2O3S. The van der Waals surface area contributed by atoms with Gasteiger partial charge in [-0.2, -0.15) is 0 Å². The Balaban J connectivity index is 1.93. The molecule has 29 heavy (non-hydrogen) atoms. The number of aryl methyl sites for hydroxylation is 1. The van der Waals surface area contributed by atoms with Gasteiger partial charge in [0, 0.05) is 15.2 Å². The van der Waals surface area contributed by atoms with Gasteiger partial charge in [-0.05, 0) is 61.5 Å². The second-order valence-electron chi connectivity index (χ2n) is 6.36. The Labute approximate surface area is 183 Å². The molecule has 0 heterocycles. The highest BCUT2D eigenvalue weighted by molar-refractivity contribution is 9.10. The van der Waals surface area contributed by atoms with Gasteiger partial charge in [-0.15, -0.1) is 0 Å². The first-order chi connectivity index (χ1) is 13.8. The highest BCUT2D eigenvalue weighted by Crippen LogP contribution is 2.26. The predicted octanol–water partition coefficient (Wildman–Crippen LogP) is 5.24. The summed E-state index contributed by atoms with van der Waals surface area (Å²) in [6.07, 6.45) is 0. The average Bonchev–Trinajstić information content (AvgIpc) is 2.68. The molecule has 3 rings (SSSR count). The number of nitrogens with zero attached hydrogens (tertiary/aromatic N) is 1. The second kappa shape index (κ2) is 8.98. The lowest BCUT2D eigenvalue weighted by molar-refractivity contribution is -0.114. The zero-order valence-electron chi connectivity index (χ0n) is 15.5. The normalized spacial score (nSPS) is 11.1. The summed E-state index contributed by atoms with van der Waals surface area (Å²) in [4.78, 5) is 12.7. The third-order valence-electron chi connectivity index (χ3n) is 4.12. The van der Waals surface area contributed by atoms with E-state index in [1.165, 1.54) is 12.1 Å². The number of nitrogens with one attached hydrogen (secondary N) is 1. The van der Waals surface area contributed by atoms with Gasteiger partial charge in [-0.1, -0.05) is 51.3 Å². The van der Waals surface area contributed by atoms with E-state index in [2.05, 4.69) is 21.2 Å². The van der Waals surface area contributed by atoms with Gasteiger partial charge in [-0.3, -0.25) is 9.10 Å². The van der Waals surface area contributed by atoms with Crippen molar-refractivity contribution in [1.82, 2.24) is 0 Å². The highest BCUT2D eigenvalue weighted by Gasteiger charge is 2.27. The lowest BCUT2D eigenvalue weighted by Gasteiger charge is -2.24. The number of halogens is 2. The largest absolute Gasteiger partial charge is 0.325 e. The Hall–Kier alpha value is -2.35. The van der Waals surface area contributed by atoms with Crippen LogP contribution in [0.4, 0.5) is 11.4 Å². The van der Waals surface area contributed by atoms with Crippen LogP contribution in [0.25, 0.3) is 0 Å². The molecule has 0 unspecified atom stereocenters. The summed E-state index contributed by atoms with van der Waals surface area (Å²) < 4.78 is 28.4. The standard InChI is InChI=1S/C21H18BrClN2O3S/c1-15-5-11-20(12-6-15)29(27,28)25(19-4-2-3-16(22)13-19)14-21(26)24-18-9-7-17(23)8-10-18/h2-13H,14H2,1H3,(H,24,26). The molecule has 0 fully saturated rings. The smallest absolute Gasteiger partial charge is 0.264 e. The number of rotatable bonds is 6. The Morgan fingerprint density at radius 3 is 2.31 bits per heavy atom. The van der Waals surface area contributed by atoms with E-state index in [1.54, 1.807) is 60.7 Å². The van der Waals surface area contributed by atoms with Gasteiger partial charge in [0.25, 0.3) is 10.0 Å². The summed E-state index contributed by atoms with van der Waals surface area (Å²) >= 11 is 9.22. The zero-order valence-corrected chi connectivity index (χ0v) is 18.6. The highest BCUT2D eigenvalue weighted by atomic mass is 79.9. The molecule has 150 valence electrons. The van der Waals surface area contributed by atoms with Crippen LogP contribution in [0.5, 0.6) is 0 Å². The molecule has 3 aromatic rings. The summed E-state index contributed by atoms with van der Waals surface area (Å²) in [5.74, 6) is -0.469. The molecular weight excluding hydrogens is 476 g/mol. The fourth-order valence-electron chi connectivity index (χ4n) is 2.65. The van der Waals surface area contributed by atoms with Gasteiger partial charge in [0.1, 0.15) is 6.54 Å². The van der Waals surface area contributed by atoms with Gasteiger partial charge >= 0.3 is 0 Å². The first-order valence-corrected chi connectivity index (χ1v) is 11.3. The molecule has 0 aliphatic carbocycles. The quantitative estimate of drug-likeness (QED) is 0.510. The van der Waals surface area contributed by atoms with Crippen LogP contribution < -0.4 is 9.62 Å². The number of carbonyl (C=O) groups excluding carboxylic acids is 1. The maximum atomic E-state index is 13.3. The molecule has 8 heteroatoms. The SMILES string of the molecule is Cc1ccc(S(=O)(=O)N(CC(=O)Nc2ccc(Cl)cc2)c2cccc(Br)c2)cc1. The molecule has 0 aliphatic heterocycles. The molecule has 0 aromatic heterocycles. The first kappa shape index (κ1) is 21.4. The van der Waals surface area contributed by atoms with Crippen molar-refractivity contribution in [2.24, 2.45) is 0 Å². The van der Waals surface area contributed by atoms with Gasteiger partial charge in [0.2, 0.25) is 5.91 Å². The van der Waals surface area contributed by atoms with E-state index in [4.69, 9.17) is 11.6 Å². The summed E-state index contributed by atoms with van der Waals surface area (Å²) in [7, 11) is -3.95. The van der Waals surface area contributed by atoms with Gasteiger partial charge < -0.3 is 5.32 Å². The number of amides is 1. The molecule has 1 amide bonds. The Morgan fingerprint density at radius 2 is 1.69 bits per heavy atom. The monoisotopic (exact) mass is 492 g/mol. The van der Waals surface area contributed by atoms with E-state index in [-0.39, 0.29) is 11.4 Å². The summed E-state index contributed by atoms with van der Waals surface area (Å²) in [5.41, 5.74) is 1.85. The van der Waals surface area contributed by atoms with Crippen molar-refractivity contribution in [3.8, 4) is 0 Å². The molecule has 0 radical (unpaired) electrons. The molecule has 0 saturated heterocycles. The lowest BCUT2D eigenvalue weighted by atomic mass is 10.2. The maximum Gasteiger partial charge on any atom is 0.264 e. The van der Waals surface area contributed by atoms with Crippen LogP contribution in [-0.4, -0.2) is 20.9 Å². The first-order valence-electron chi connectivity index (χ1n) is 8.66. The van der Waals surface area contributed by atoms with E-state index in [0.717, 1.165) is 9.87 Å². The van der Waals surface area contributed by atoms with Crippen molar-refractivity contribution in [1.29, 1.82) is 0 Å². The van der Waals surface area contributed by atoms with Gasteiger partial charge in [0.15, 0.2) is 0 Å². The minimum absolute atomic E-state index is 0.113. The Bertz CT molecular complexity index is 1120. The maximum absolute atomic E-state index is 13.3. The van der Waals surface area contributed by atoms with Gasteiger partial charge in [0.05, 0.1) is 10.6 Å². The summed E-state index contributed by atoms with van der Waals surface area (Å²) in [6, 6.07) is 19.9. The number of benzene rings is 3. The van der Waals surface area contributed by atoms with Gasteiger partial charge in [-0.25, -0.2) is 8.42 Å². The third kappa shape index (κ3) is 5.38. The number of anilines is 2. The molecule has 0 bridgehead atoms. The van der Waals surface area contributed by atoms with Crippen LogP contribution in [0.15, 0.2) is 82.2 Å². The summed E-state index contributed by atoms with van der Waals surface area (Å²) in [6.45, 7) is 1.50. The van der Waals surface area contributed by atoms with E-state index in [0.29, 0.717) is 20.9 Å². The Kier molecular flexibility index (Phi) is 6.62. The molecule has 3 aromatic carbocycles. The van der Waals surface area contributed by atoms with Crippen molar-refractivity contribution in [2.75, 3.05) is 16.2 Å². The fourth-order valence-corrected chi connectivity index (χ4v) is 4.57. The topological polar surface area (TPSA) is 66.5 Å². The van der Waals surface area contributed by atoms with E-state index in [9.17, 15) is 13.2 Å². The summed E-state index contributed by atoms with van der Waals surface area (Å²) in [5, 5.41) is 3.24. The predicted molar refractivity (Wildman–Crippen MR) is 120 cm³/mol. The van der Waals surface area contributed by atoms with Crippen LogP contribution >= 0.6 is 27.5 Å². The van der Waals surface area contributed by atoms with Crippen LogP contribution in [0.3, 0.4) is 0 Å².